The maximum absolute atomic E-state index is 14.1. The fourth-order valence-corrected chi connectivity index (χ4v) is 12.8. The molecular formula is C28H37NO4S2. The van der Waals surface area contributed by atoms with Gasteiger partial charge in [-0.05, 0) is 114 Å². The van der Waals surface area contributed by atoms with Gasteiger partial charge in [0.25, 0.3) is 5.91 Å². The van der Waals surface area contributed by atoms with Gasteiger partial charge in [-0.25, -0.2) is 12.7 Å². The summed E-state index contributed by atoms with van der Waals surface area (Å²) in [7, 11) is -3.56. The molecule has 6 fully saturated rings. The zero-order valence-electron chi connectivity index (χ0n) is 20.9. The zero-order valence-corrected chi connectivity index (χ0v) is 22.5. The molecule has 4 saturated carbocycles. The molecule has 7 heteroatoms. The Morgan fingerprint density at radius 1 is 1.09 bits per heavy atom. The van der Waals surface area contributed by atoms with Gasteiger partial charge in [-0.15, -0.1) is 0 Å². The third-order valence-corrected chi connectivity index (χ3v) is 14.0. The summed E-state index contributed by atoms with van der Waals surface area (Å²) < 4.78 is 33.3. The molecule has 5 nitrogen and oxygen atoms in total. The van der Waals surface area contributed by atoms with Gasteiger partial charge in [0.1, 0.15) is 0 Å². The molecule has 1 amide bonds. The van der Waals surface area contributed by atoms with E-state index in [1.165, 1.54) is 42.0 Å². The van der Waals surface area contributed by atoms with Crippen molar-refractivity contribution in [1.82, 2.24) is 4.31 Å². The Hall–Kier alpha value is -1.18. The SMILES string of the molecule is C1CCOC1.CC1(C)[C@@H]2CC[C@]13CS(=O)(=O)N(C(=O)C1=C(c4ccsc4)[C@H]4[C@@H]5CC[C@@H](C5)[C@@H]14)[C@@H]3C2. The zero-order chi connectivity index (χ0) is 24.2. The molecule has 0 radical (unpaired) electrons. The van der Waals surface area contributed by atoms with Crippen LogP contribution in [-0.4, -0.2) is 43.6 Å². The lowest BCUT2D eigenvalue weighted by molar-refractivity contribution is -0.126. The Kier molecular flexibility index (Phi) is 5.04. The largest absolute Gasteiger partial charge is 0.381 e. The monoisotopic (exact) mass is 515 g/mol. The number of carbonyl (C=O) groups excluding carboxylic acids is 1. The summed E-state index contributed by atoms with van der Waals surface area (Å²) >= 11 is 1.66. The highest BCUT2D eigenvalue weighted by molar-refractivity contribution is 7.90. The quantitative estimate of drug-likeness (QED) is 0.533. The molecule has 0 unspecified atom stereocenters. The van der Waals surface area contributed by atoms with E-state index in [0.29, 0.717) is 29.6 Å². The Balaban J connectivity index is 0.000000378. The van der Waals surface area contributed by atoms with Crippen LogP contribution in [0.15, 0.2) is 22.4 Å². The van der Waals surface area contributed by atoms with Gasteiger partial charge in [0.2, 0.25) is 10.0 Å². The normalized spacial score (nSPS) is 43.1. The molecule has 7 atom stereocenters. The first-order chi connectivity index (χ1) is 16.8. The Bertz CT molecular complexity index is 1170. The molecule has 7 aliphatic rings. The first-order valence-corrected chi connectivity index (χ1v) is 16.2. The van der Waals surface area contributed by atoms with Crippen molar-refractivity contribution in [2.75, 3.05) is 19.0 Å². The molecule has 8 rings (SSSR count). The first-order valence-electron chi connectivity index (χ1n) is 13.7. The van der Waals surface area contributed by atoms with E-state index in [1.54, 1.807) is 11.3 Å². The third-order valence-electron chi connectivity index (χ3n) is 11.4. The number of carbonyl (C=O) groups is 1. The number of allylic oxidation sites excluding steroid dienone is 1. The number of sulfonamides is 1. The minimum atomic E-state index is -3.56. The minimum absolute atomic E-state index is 0.00108. The average molecular weight is 516 g/mol. The minimum Gasteiger partial charge on any atom is -0.381 e. The number of fused-ring (bicyclic) bond motifs is 6. The maximum atomic E-state index is 14.1. The second-order valence-electron chi connectivity index (χ2n) is 12.8. The highest BCUT2D eigenvalue weighted by atomic mass is 32.2. The number of hydrogen-bond donors (Lipinski definition) is 0. The first kappa shape index (κ1) is 23.0. The van der Waals surface area contributed by atoms with E-state index < -0.39 is 10.0 Å². The lowest BCUT2D eigenvalue weighted by Gasteiger charge is -2.46. The van der Waals surface area contributed by atoms with Crippen LogP contribution < -0.4 is 0 Å². The van der Waals surface area contributed by atoms with Crippen molar-refractivity contribution >= 4 is 32.8 Å². The second kappa shape index (κ2) is 7.67. The lowest BCUT2D eigenvalue weighted by Crippen LogP contribution is -2.49. The molecule has 1 spiro atoms. The van der Waals surface area contributed by atoms with Gasteiger partial charge >= 0.3 is 0 Å². The molecule has 3 heterocycles. The summed E-state index contributed by atoms with van der Waals surface area (Å²) in [6.45, 7) is 6.50. The molecule has 1 aromatic rings. The van der Waals surface area contributed by atoms with Crippen LogP contribution in [0.4, 0.5) is 0 Å². The predicted octanol–water partition coefficient (Wildman–Crippen LogP) is 5.34. The van der Waals surface area contributed by atoms with Crippen LogP contribution in [-0.2, 0) is 19.6 Å². The molecule has 5 aliphatic carbocycles. The van der Waals surface area contributed by atoms with Gasteiger partial charge in [-0.1, -0.05) is 13.8 Å². The highest BCUT2D eigenvalue weighted by Crippen LogP contribution is 2.71. The smallest absolute Gasteiger partial charge is 0.264 e. The number of hydrogen-bond acceptors (Lipinski definition) is 5. The highest BCUT2D eigenvalue weighted by Gasteiger charge is 2.73. The van der Waals surface area contributed by atoms with Gasteiger partial charge in [-0.2, -0.15) is 11.3 Å². The maximum Gasteiger partial charge on any atom is 0.264 e. The standard InChI is InChI=1S/C24H29NO3S2.C4H8O/c1-23(2)16-5-7-24(23)12-30(27,28)25(17(24)10-16)22(26)21-19-14-4-3-13(9-14)18(19)20(21)15-6-8-29-11-15;1-2-4-5-3-1/h6,8,11,13-14,16-19H,3-5,7,9-10,12H2,1-2H3;1-4H2/t13-,14+,16-,17-,18+,19-,24-;/m1./s1. The molecular weight excluding hydrogens is 478 g/mol. The summed E-state index contributed by atoms with van der Waals surface area (Å²) in [6, 6.07) is 1.99. The van der Waals surface area contributed by atoms with Crippen LogP contribution in [0.5, 0.6) is 0 Å². The molecule has 4 bridgehead atoms. The third kappa shape index (κ3) is 2.95. The second-order valence-corrected chi connectivity index (χ2v) is 15.4. The average Bonchev–Trinajstić information content (AvgIpc) is 3.62. The summed E-state index contributed by atoms with van der Waals surface area (Å²) in [5, 5.41) is 4.22. The van der Waals surface area contributed by atoms with Crippen molar-refractivity contribution in [3.63, 3.8) is 0 Å². The van der Waals surface area contributed by atoms with E-state index in [2.05, 4.69) is 30.7 Å². The Morgan fingerprint density at radius 2 is 1.83 bits per heavy atom. The van der Waals surface area contributed by atoms with Crippen LogP contribution >= 0.6 is 11.3 Å². The van der Waals surface area contributed by atoms with Crippen molar-refractivity contribution in [1.29, 1.82) is 0 Å². The fourth-order valence-electron chi connectivity index (χ4n) is 9.59. The van der Waals surface area contributed by atoms with Gasteiger partial charge in [0.15, 0.2) is 0 Å². The van der Waals surface area contributed by atoms with Crippen LogP contribution in [0.25, 0.3) is 5.57 Å². The van der Waals surface area contributed by atoms with Crippen LogP contribution in [0.3, 0.4) is 0 Å². The van der Waals surface area contributed by atoms with Gasteiger partial charge in [0.05, 0.1) is 11.8 Å². The molecule has 0 N–H and O–H groups in total. The van der Waals surface area contributed by atoms with E-state index in [0.717, 1.165) is 43.6 Å². The summed E-state index contributed by atoms with van der Waals surface area (Å²) in [5.41, 5.74) is 2.98. The number of nitrogens with zero attached hydrogens (tertiary/aromatic N) is 1. The Labute approximate surface area is 213 Å². The molecule has 2 aliphatic heterocycles. The van der Waals surface area contributed by atoms with Crippen molar-refractivity contribution < 1.29 is 17.9 Å². The number of thiophene rings is 1. The number of ether oxygens (including phenoxy) is 1. The van der Waals surface area contributed by atoms with Crippen molar-refractivity contribution in [2.45, 2.75) is 71.3 Å². The van der Waals surface area contributed by atoms with E-state index in [-0.39, 0.29) is 28.5 Å². The van der Waals surface area contributed by atoms with Crippen molar-refractivity contribution in [3.05, 3.63) is 28.0 Å². The van der Waals surface area contributed by atoms with E-state index >= 15 is 0 Å². The van der Waals surface area contributed by atoms with Crippen molar-refractivity contribution in [3.8, 4) is 0 Å². The van der Waals surface area contributed by atoms with Crippen LogP contribution in [0.2, 0.25) is 0 Å². The Morgan fingerprint density at radius 3 is 2.46 bits per heavy atom. The summed E-state index contributed by atoms with van der Waals surface area (Å²) in [6.07, 6.45) is 9.16. The molecule has 1 aromatic heterocycles. The van der Waals surface area contributed by atoms with E-state index in [9.17, 15) is 13.2 Å². The topological polar surface area (TPSA) is 63.7 Å². The summed E-state index contributed by atoms with van der Waals surface area (Å²) in [5.74, 6) is 2.59. The predicted molar refractivity (Wildman–Crippen MR) is 137 cm³/mol. The lowest BCUT2D eigenvalue weighted by atomic mass is 9.59. The number of amides is 1. The van der Waals surface area contributed by atoms with E-state index in [4.69, 9.17) is 4.74 Å². The molecule has 190 valence electrons. The summed E-state index contributed by atoms with van der Waals surface area (Å²) in [4.78, 5) is 14.1. The fraction of sp³-hybridized carbons (Fsp3) is 0.750. The van der Waals surface area contributed by atoms with Gasteiger partial charge < -0.3 is 4.74 Å². The van der Waals surface area contributed by atoms with Crippen LogP contribution in [0, 0.1) is 40.4 Å². The molecule has 2 saturated heterocycles. The van der Waals surface area contributed by atoms with Gasteiger partial charge in [0, 0.05) is 24.2 Å². The van der Waals surface area contributed by atoms with E-state index in [1.807, 2.05) is 0 Å². The molecule has 35 heavy (non-hydrogen) atoms. The molecule has 0 aromatic carbocycles. The van der Waals surface area contributed by atoms with Gasteiger partial charge in [-0.3, -0.25) is 4.79 Å². The van der Waals surface area contributed by atoms with Crippen LogP contribution in [0.1, 0.15) is 70.8 Å². The van der Waals surface area contributed by atoms with Crippen molar-refractivity contribution in [2.24, 2.45) is 40.4 Å². The number of rotatable bonds is 2.